The fourth-order valence-corrected chi connectivity index (χ4v) is 1.38. The van der Waals surface area contributed by atoms with Crippen molar-refractivity contribution in [2.45, 2.75) is 0 Å². The number of benzene rings is 1. The average Bonchev–Trinajstić information content (AvgIpc) is 2.25. The quantitative estimate of drug-likeness (QED) is 0.198. The molecular formula is C7H9BN4O4+2. The van der Waals surface area contributed by atoms with E-state index in [1.807, 2.05) is 0 Å². The van der Waals surface area contributed by atoms with Crippen molar-refractivity contribution < 1.29 is 24.5 Å². The van der Waals surface area contributed by atoms with Gasteiger partial charge in [0.1, 0.15) is 0 Å². The maximum atomic E-state index is 11.4. The molecule has 0 amide bonds. The highest BCUT2D eigenvalue weighted by molar-refractivity contribution is 6.58. The van der Waals surface area contributed by atoms with Gasteiger partial charge in [0.15, 0.2) is 0 Å². The molecule has 0 aliphatic carbocycles. The van der Waals surface area contributed by atoms with Gasteiger partial charge < -0.3 is 15.3 Å². The molecule has 0 radical (unpaired) electrons. The Morgan fingerprint density at radius 2 is 2.00 bits per heavy atom. The van der Waals surface area contributed by atoms with Crippen LogP contribution in [0, 0.1) is 4.91 Å². The second-order valence-electron chi connectivity index (χ2n) is 3.23. The third-order valence-electron chi connectivity index (χ3n) is 2.19. The summed E-state index contributed by atoms with van der Waals surface area (Å²) in [5, 5.41) is 29.6. The summed E-state index contributed by atoms with van der Waals surface area (Å²) in [6.45, 7) is 0. The van der Waals surface area contributed by atoms with Crippen LogP contribution in [0.5, 0.6) is 0 Å². The molecule has 1 heterocycles. The van der Waals surface area contributed by atoms with Crippen LogP contribution in [0.1, 0.15) is 0 Å². The van der Waals surface area contributed by atoms with Gasteiger partial charge in [0.2, 0.25) is 10.1 Å². The Labute approximate surface area is 88.9 Å². The van der Waals surface area contributed by atoms with E-state index in [4.69, 9.17) is 15.8 Å². The first kappa shape index (κ1) is 10.4. The molecule has 0 aliphatic heterocycles. The lowest BCUT2D eigenvalue weighted by atomic mass is 9.26. The number of aromatic amines is 1. The van der Waals surface area contributed by atoms with Crippen molar-refractivity contribution in [2.75, 3.05) is 5.73 Å². The summed E-state index contributed by atoms with van der Waals surface area (Å²) in [7, 11) is -1.69. The summed E-state index contributed by atoms with van der Waals surface area (Å²) >= 11 is 0. The Balaban J connectivity index is 2.86. The van der Waals surface area contributed by atoms with Crippen LogP contribution in [0.4, 0.5) is 5.95 Å². The van der Waals surface area contributed by atoms with E-state index in [2.05, 4.69) is 5.10 Å². The lowest BCUT2D eigenvalue weighted by molar-refractivity contribution is -0.880. The average molecular weight is 223 g/mol. The Bertz CT molecular complexity index is 611. The first-order valence-electron chi connectivity index (χ1n) is 4.36. The number of hydrogen-bond acceptors (Lipinski definition) is 5. The minimum Gasteiger partial charge on any atom is -0.423 e. The predicted molar refractivity (Wildman–Crippen MR) is 53.3 cm³/mol. The molecule has 0 saturated carbocycles. The van der Waals surface area contributed by atoms with E-state index >= 15 is 0 Å². The zero-order valence-corrected chi connectivity index (χ0v) is 8.03. The standard InChI is InChI=1S/C7H8BN4O4/c9-7-10-12(16)5-2-1-4(8(13)14)3-6(5)11(7)15/h1-3,13-15H,(H2,9,10,16)/q+1/p+1/i8-1. The number of nitrogens with one attached hydrogen (secondary N) is 1. The van der Waals surface area contributed by atoms with E-state index in [-0.39, 0.29) is 22.4 Å². The van der Waals surface area contributed by atoms with E-state index < -0.39 is 7.12 Å². The number of aromatic nitrogens is 3. The van der Waals surface area contributed by atoms with Crippen LogP contribution in [0.25, 0.3) is 11.0 Å². The normalized spacial score (nSPS) is 10.6. The molecule has 8 nitrogen and oxygen atoms in total. The predicted octanol–water partition coefficient (Wildman–Crippen LogP) is -3.13. The SMILES string of the molecule is Nc1[nH][n+](=O)c2ccc([10B](O)O)cc2[n+]1O. The molecule has 0 bridgehead atoms. The zero-order valence-electron chi connectivity index (χ0n) is 8.03. The molecule has 82 valence electrons. The maximum Gasteiger partial charge on any atom is 0.488 e. The fourth-order valence-electron chi connectivity index (χ4n) is 1.38. The van der Waals surface area contributed by atoms with Crippen molar-refractivity contribution in [3.8, 4) is 0 Å². The van der Waals surface area contributed by atoms with E-state index in [1.165, 1.54) is 18.2 Å². The number of anilines is 1. The molecule has 9 heteroatoms. The monoisotopic (exact) mass is 223 g/mol. The number of H-pyrrole nitrogens is 1. The highest BCUT2D eigenvalue weighted by Gasteiger charge is 2.22. The molecule has 2 aromatic rings. The van der Waals surface area contributed by atoms with Crippen LogP contribution in [0.2, 0.25) is 0 Å². The van der Waals surface area contributed by atoms with E-state index in [0.717, 1.165) is 0 Å². The second kappa shape index (κ2) is 3.47. The van der Waals surface area contributed by atoms with Crippen LogP contribution in [-0.2, 0) is 0 Å². The van der Waals surface area contributed by atoms with Gasteiger partial charge in [0.05, 0.1) is 4.91 Å². The molecular weight excluding hydrogens is 214 g/mol. The van der Waals surface area contributed by atoms with Gasteiger partial charge in [-0.05, 0) is 16.3 Å². The van der Waals surface area contributed by atoms with Crippen LogP contribution in [-0.4, -0.2) is 27.5 Å². The summed E-state index contributed by atoms with van der Waals surface area (Å²) in [6.07, 6.45) is 0. The van der Waals surface area contributed by atoms with Crippen molar-refractivity contribution in [3.05, 3.63) is 23.1 Å². The number of nitrogens with two attached hydrogens (primary N) is 1. The summed E-state index contributed by atoms with van der Waals surface area (Å²) in [5.41, 5.74) is 5.64. The lowest BCUT2D eigenvalue weighted by Crippen LogP contribution is -2.43. The van der Waals surface area contributed by atoms with Crippen LogP contribution >= 0.6 is 0 Å². The maximum absolute atomic E-state index is 11.4. The molecule has 0 saturated heterocycles. The summed E-state index contributed by atoms with van der Waals surface area (Å²) < 4.78 is 0.917. The first-order chi connectivity index (χ1) is 7.50. The minimum absolute atomic E-state index is 0.0665. The van der Waals surface area contributed by atoms with Crippen LogP contribution in [0.15, 0.2) is 18.2 Å². The van der Waals surface area contributed by atoms with Crippen molar-refractivity contribution in [2.24, 2.45) is 0 Å². The molecule has 1 aromatic heterocycles. The van der Waals surface area contributed by atoms with Gasteiger partial charge in [-0.15, -0.1) is 0 Å². The Kier molecular flexibility index (Phi) is 2.25. The van der Waals surface area contributed by atoms with E-state index in [1.54, 1.807) is 0 Å². The smallest absolute Gasteiger partial charge is 0.423 e. The molecule has 0 spiro atoms. The molecule has 1 aromatic carbocycles. The molecule has 16 heavy (non-hydrogen) atoms. The van der Waals surface area contributed by atoms with Crippen molar-refractivity contribution >= 4 is 29.6 Å². The van der Waals surface area contributed by atoms with Gasteiger partial charge >= 0.3 is 18.6 Å². The summed E-state index contributed by atoms with van der Waals surface area (Å²) in [6, 6.07) is 3.93. The van der Waals surface area contributed by atoms with Crippen molar-refractivity contribution in [1.29, 1.82) is 0 Å². The zero-order chi connectivity index (χ0) is 11.9. The van der Waals surface area contributed by atoms with Gasteiger partial charge in [-0.3, -0.25) is 5.73 Å². The van der Waals surface area contributed by atoms with Crippen LogP contribution in [0.3, 0.4) is 0 Å². The number of nitrogens with zero attached hydrogens (tertiary/aromatic N) is 2. The highest BCUT2D eigenvalue weighted by Crippen LogP contribution is 2.01. The number of nitrogen functional groups attached to an aromatic ring is 1. The number of hydrogen-bond donors (Lipinski definition) is 5. The van der Waals surface area contributed by atoms with Crippen molar-refractivity contribution in [3.63, 3.8) is 0 Å². The van der Waals surface area contributed by atoms with Gasteiger partial charge in [-0.1, -0.05) is 6.07 Å². The third kappa shape index (κ3) is 1.47. The third-order valence-corrected chi connectivity index (χ3v) is 2.19. The van der Waals surface area contributed by atoms with Gasteiger partial charge in [-0.25, -0.2) is 0 Å². The summed E-state index contributed by atoms with van der Waals surface area (Å²) in [5.74, 6) is -0.271. The number of fused-ring (bicyclic) bond motifs is 1. The van der Waals surface area contributed by atoms with E-state index in [9.17, 15) is 10.1 Å². The first-order valence-corrected chi connectivity index (χ1v) is 4.36. The molecule has 0 fully saturated rings. The molecule has 0 unspecified atom stereocenters. The molecule has 2 rings (SSSR count). The van der Waals surface area contributed by atoms with Gasteiger partial charge in [0.25, 0.3) is 0 Å². The summed E-state index contributed by atoms with van der Waals surface area (Å²) in [4.78, 5) is 11.4. The second-order valence-corrected chi connectivity index (χ2v) is 3.23. The lowest BCUT2D eigenvalue weighted by Gasteiger charge is -1.98. The largest absolute Gasteiger partial charge is 0.488 e. The Morgan fingerprint density at radius 3 is 2.62 bits per heavy atom. The van der Waals surface area contributed by atoms with Gasteiger partial charge in [-0.2, -0.15) is 0 Å². The Hall–Kier alpha value is -2.13. The highest BCUT2D eigenvalue weighted by atomic mass is 16.5. The van der Waals surface area contributed by atoms with Gasteiger partial charge in [0, 0.05) is 11.2 Å². The molecule has 0 aliphatic rings. The van der Waals surface area contributed by atoms with Crippen LogP contribution < -0.4 is 20.5 Å². The Morgan fingerprint density at radius 1 is 1.31 bits per heavy atom. The minimum atomic E-state index is -1.69. The van der Waals surface area contributed by atoms with E-state index in [0.29, 0.717) is 9.27 Å². The fraction of sp³-hybridized carbons (Fsp3) is 0. The molecule has 0 atom stereocenters. The molecule has 6 N–H and O–H groups in total. The van der Waals surface area contributed by atoms with Crippen molar-refractivity contribution in [1.82, 2.24) is 5.10 Å². The topological polar surface area (TPSA) is 129 Å². The number of rotatable bonds is 1.